The van der Waals surface area contributed by atoms with Crippen molar-refractivity contribution in [3.63, 3.8) is 0 Å². The van der Waals surface area contributed by atoms with Gasteiger partial charge in [0.15, 0.2) is 5.78 Å². The minimum atomic E-state index is -0.568. The van der Waals surface area contributed by atoms with Crippen LogP contribution in [0.5, 0.6) is 0 Å². The third-order valence-corrected chi connectivity index (χ3v) is 2.45. The van der Waals surface area contributed by atoms with Crippen LogP contribution in [0, 0.1) is 0 Å². The van der Waals surface area contributed by atoms with Gasteiger partial charge in [0.1, 0.15) is 5.60 Å². The molecule has 1 rings (SSSR count). The molecule has 0 aromatic heterocycles. The second-order valence-corrected chi connectivity index (χ2v) is 5.24. The van der Waals surface area contributed by atoms with Crippen LogP contribution < -0.4 is 5.32 Å². The summed E-state index contributed by atoms with van der Waals surface area (Å²) in [5.41, 5.74) is 0.0548. The van der Waals surface area contributed by atoms with Gasteiger partial charge in [0, 0.05) is 12.0 Å². The van der Waals surface area contributed by atoms with E-state index >= 15 is 0 Å². The Kier molecular flexibility index (Phi) is 4.76. The molecule has 5 heteroatoms. The number of hydrogen-bond donors (Lipinski definition) is 1. The van der Waals surface area contributed by atoms with E-state index in [1.807, 2.05) is 6.92 Å². The van der Waals surface area contributed by atoms with Gasteiger partial charge in [-0.2, -0.15) is 0 Å². The summed E-state index contributed by atoms with van der Waals surface area (Å²) >= 11 is 0. The van der Waals surface area contributed by atoms with Crippen LogP contribution >= 0.6 is 0 Å². The number of rotatable bonds is 4. The lowest BCUT2D eigenvalue weighted by Gasteiger charge is -2.22. The van der Waals surface area contributed by atoms with Crippen LogP contribution in [-0.2, 0) is 14.3 Å². The van der Waals surface area contributed by atoms with Crippen molar-refractivity contribution in [2.24, 2.45) is 0 Å². The Labute approximate surface area is 108 Å². The maximum Gasteiger partial charge on any atom is 0.408 e. The van der Waals surface area contributed by atoms with Gasteiger partial charge in [-0.3, -0.25) is 4.79 Å². The molecule has 0 bridgehead atoms. The molecule has 0 aromatic rings. The van der Waals surface area contributed by atoms with Crippen molar-refractivity contribution in [1.82, 2.24) is 5.32 Å². The maximum absolute atomic E-state index is 12.1. The summed E-state index contributed by atoms with van der Waals surface area (Å²) in [6, 6.07) is -0.548. The van der Waals surface area contributed by atoms with Crippen LogP contribution in [-0.4, -0.2) is 30.1 Å². The van der Waals surface area contributed by atoms with Crippen molar-refractivity contribution in [2.45, 2.75) is 52.2 Å². The molecule has 0 spiro atoms. The Balaban J connectivity index is 2.56. The zero-order chi connectivity index (χ0) is 13.8. The standard InChI is InChI=1S/C13H21NO4/c1-5-10(11(15)9-6-7-17-8-9)14-12(16)18-13(2,3)4/h8,10H,5-7H2,1-4H3,(H,14,16)/t10-/m0/s1. The number of amides is 1. The first kappa shape index (κ1) is 14.5. The van der Waals surface area contributed by atoms with Crippen molar-refractivity contribution in [3.8, 4) is 0 Å². The zero-order valence-electron chi connectivity index (χ0n) is 11.4. The lowest BCUT2D eigenvalue weighted by Crippen LogP contribution is -2.43. The van der Waals surface area contributed by atoms with E-state index < -0.39 is 17.7 Å². The van der Waals surface area contributed by atoms with Crippen molar-refractivity contribution in [1.29, 1.82) is 0 Å². The lowest BCUT2D eigenvalue weighted by molar-refractivity contribution is -0.117. The molecule has 1 heterocycles. The van der Waals surface area contributed by atoms with Gasteiger partial charge in [-0.1, -0.05) is 6.92 Å². The first-order chi connectivity index (χ1) is 8.33. The van der Waals surface area contributed by atoms with Gasteiger partial charge in [-0.25, -0.2) is 4.79 Å². The van der Waals surface area contributed by atoms with Gasteiger partial charge < -0.3 is 14.8 Å². The predicted octanol–water partition coefficient (Wildman–Crippen LogP) is 2.16. The fourth-order valence-electron chi connectivity index (χ4n) is 1.60. The summed E-state index contributed by atoms with van der Waals surface area (Å²) in [5.74, 6) is -0.0964. The van der Waals surface area contributed by atoms with Crippen LogP contribution in [0.2, 0.25) is 0 Å². The van der Waals surface area contributed by atoms with Crippen molar-refractivity contribution >= 4 is 11.9 Å². The fourth-order valence-corrected chi connectivity index (χ4v) is 1.60. The number of alkyl carbamates (subject to hydrolysis) is 1. The number of carbonyl (C=O) groups is 2. The molecule has 18 heavy (non-hydrogen) atoms. The number of ether oxygens (including phenoxy) is 2. The molecular weight excluding hydrogens is 234 g/mol. The van der Waals surface area contributed by atoms with Crippen molar-refractivity contribution in [2.75, 3.05) is 6.61 Å². The van der Waals surface area contributed by atoms with E-state index in [-0.39, 0.29) is 5.78 Å². The molecule has 0 aromatic carbocycles. The molecule has 1 aliphatic heterocycles. The van der Waals surface area contributed by atoms with Crippen LogP contribution in [0.4, 0.5) is 4.79 Å². The number of Topliss-reactive ketones (excluding diaryl/α,β-unsaturated/α-hetero) is 1. The third-order valence-electron chi connectivity index (χ3n) is 2.45. The topological polar surface area (TPSA) is 64.6 Å². The molecule has 0 unspecified atom stereocenters. The smallest absolute Gasteiger partial charge is 0.408 e. The summed E-state index contributed by atoms with van der Waals surface area (Å²) in [6.07, 6.45) is 2.03. The first-order valence-corrected chi connectivity index (χ1v) is 6.18. The lowest BCUT2D eigenvalue weighted by atomic mass is 10.0. The van der Waals surface area contributed by atoms with E-state index in [2.05, 4.69) is 5.32 Å². The molecule has 0 saturated carbocycles. The van der Waals surface area contributed by atoms with Gasteiger partial charge in [0.05, 0.1) is 18.9 Å². The van der Waals surface area contributed by atoms with Gasteiger partial charge >= 0.3 is 6.09 Å². The van der Waals surface area contributed by atoms with Gasteiger partial charge in [0.25, 0.3) is 0 Å². The molecular formula is C13H21NO4. The highest BCUT2D eigenvalue weighted by Gasteiger charge is 2.26. The predicted molar refractivity (Wildman–Crippen MR) is 67.1 cm³/mol. The van der Waals surface area contributed by atoms with E-state index in [0.29, 0.717) is 25.0 Å². The van der Waals surface area contributed by atoms with Crippen LogP contribution in [0.1, 0.15) is 40.5 Å². The summed E-state index contributed by atoms with van der Waals surface area (Å²) in [7, 11) is 0. The number of nitrogens with one attached hydrogen (secondary N) is 1. The third kappa shape index (κ3) is 4.39. The molecule has 1 aliphatic rings. The Bertz CT molecular complexity index is 354. The summed E-state index contributed by atoms with van der Waals surface area (Å²) in [5, 5.41) is 2.59. The molecule has 0 fully saturated rings. The highest BCUT2D eigenvalue weighted by Crippen LogP contribution is 2.15. The normalized spacial score (nSPS) is 16.6. The Morgan fingerprint density at radius 2 is 2.17 bits per heavy atom. The SMILES string of the molecule is CC[C@H](NC(=O)OC(C)(C)C)C(=O)C1=COCC1. The fraction of sp³-hybridized carbons (Fsp3) is 0.692. The molecule has 1 atom stereocenters. The van der Waals surface area contributed by atoms with Gasteiger partial charge in [0.2, 0.25) is 0 Å². The quantitative estimate of drug-likeness (QED) is 0.836. The van der Waals surface area contributed by atoms with E-state index in [0.717, 1.165) is 0 Å². The molecule has 1 N–H and O–H groups in total. The Hall–Kier alpha value is -1.52. The van der Waals surface area contributed by atoms with Crippen molar-refractivity contribution in [3.05, 3.63) is 11.8 Å². The summed E-state index contributed by atoms with van der Waals surface area (Å²) in [6.45, 7) is 7.72. The minimum absolute atomic E-state index is 0.0964. The molecule has 102 valence electrons. The van der Waals surface area contributed by atoms with Crippen LogP contribution in [0.25, 0.3) is 0 Å². The highest BCUT2D eigenvalue weighted by atomic mass is 16.6. The number of hydrogen-bond acceptors (Lipinski definition) is 4. The van der Waals surface area contributed by atoms with E-state index in [9.17, 15) is 9.59 Å². The molecule has 0 saturated heterocycles. The van der Waals surface area contributed by atoms with Crippen molar-refractivity contribution < 1.29 is 19.1 Å². The highest BCUT2D eigenvalue weighted by molar-refractivity contribution is 6.00. The molecule has 0 aliphatic carbocycles. The van der Waals surface area contributed by atoms with Crippen LogP contribution in [0.3, 0.4) is 0 Å². The molecule has 0 radical (unpaired) electrons. The zero-order valence-corrected chi connectivity index (χ0v) is 11.4. The van der Waals surface area contributed by atoms with E-state index in [1.165, 1.54) is 6.26 Å². The monoisotopic (exact) mass is 255 g/mol. The average molecular weight is 255 g/mol. The Morgan fingerprint density at radius 3 is 2.61 bits per heavy atom. The second kappa shape index (κ2) is 5.89. The van der Waals surface area contributed by atoms with Crippen LogP contribution in [0.15, 0.2) is 11.8 Å². The largest absolute Gasteiger partial charge is 0.500 e. The number of ketones is 1. The maximum atomic E-state index is 12.1. The molecule has 1 amide bonds. The number of carbonyl (C=O) groups excluding carboxylic acids is 2. The molecule has 5 nitrogen and oxygen atoms in total. The summed E-state index contributed by atoms with van der Waals surface area (Å²) < 4.78 is 10.2. The average Bonchev–Trinajstić information content (AvgIpc) is 2.75. The summed E-state index contributed by atoms with van der Waals surface area (Å²) in [4.78, 5) is 23.7. The van der Waals surface area contributed by atoms with Gasteiger partial charge in [-0.05, 0) is 27.2 Å². The second-order valence-electron chi connectivity index (χ2n) is 5.24. The minimum Gasteiger partial charge on any atom is -0.500 e. The van der Waals surface area contributed by atoms with Gasteiger partial charge in [-0.15, -0.1) is 0 Å². The Morgan fingerprint density at radius 1 is 1.50 bits per heavy atom. The van der Waals surface area contributed by atoms with E-state index in [1.54, 1.807) is 20.8 Å². The van der Waals surface area contributed by atoms with E-state index in [4.69, 9.17) is 9.47 Å². The first-order valence-electron chi connectivity index (χ1n) is 6.18.